The third-order valence-corrected chi connectivity index (χ3v) is 3.48. The Morgan fingerprint density at radius 1 is 1.67 bits per heavy atom. The van der Waals surface area contributed by atoms with E-state index in [1.807, 2.05) is 27.2 Å². The fourth-order valence-corrected chi connectivity index (χ4v) is 2.44. The molecule has 1 amide bonds. The predicted molar refractivity (Wildman–Crippen MR) is 67.8 cm³/mol. The molecule has 100 valence electrons. The molecule has 0 bridgehead atoms. The normalized spacial score (nSPS) is 23.9. The van der Waals surface area contributed by atoms with E-state index in [4.69, 9.17) is 4.74 Å². The summed E-state index contributed by atoms with van der Waals surface area (Å²) < 4.78 is 7.30. The van der Waals surface area contributed by atoms with Gasteiger partial charge in [0.25, 0.3) is 0 Å². The molecule has 0 aromatic carbocycles. The predicted octanol–water partition coefficient (Wildman–Crippen LogP) is 1.19. The Hall–Kier alpha value is -1.36. The first-order valence-electron chi connectivity index (χ1n) is 6.42. The lowest BCUT2D eigenvalue weighted by atomic mass is 9.94. The Kier molecular flexibility index (Phi) is 4.01. The third kappa shape index (κ3) is 2.90. The van der Waals surface area contributed by atoms with Crippen LogP contribution in [0.2, 0.25) is 0 Å². The summed E-state index contributed by atoms with van der Waals surface area (Å²) in [7, 11) is 3.72. The van der Waals surface area contributed by atoms with E-state index in [2.05, 4.69) is 5.10 Å². The van der Waals surface area contributed by atoms with E-state index in [0.717, 1.165) is 25.0 Å². The van der Waals surface area contributed by atoms with Crippen molar-refractivity contribution in [2.24, 2.45) is 13.0 Å². The van der Waals surface area contributed by atoms with Crippen LogP contribution in [0.3, 0.4) is 0 Å². The molecule has 0 N–H and O–H groups in total. The molecule has 0 saturated carbocycles. The topological polar surface area (TPSA) is 47.4 Å². The average molecular weight is 251 g/mol. The van der Waals surface area contributed by atoms with E-state index in [9.17, 15) is 4.79 Å². The van der Waals surface area contributed by atoms with E-state index in [-0.39, 0.29) is 17.9 Å². The Labute approximate surface area is 108 Å². The van der Waals surface area contributed by atoms with Gasteiger partial charge in [-0.1, -0.05) is 0 Å². The van der Waals surface area contributed by atoms with E-state index < -0.39 is 0 Å². The fraction of sp³-hybridized carbons (Fsp3) is 0.692. The molecule has 5 heteroatoms. The summed E-state index contributed by atoms with van der Waals surface area (Å²) in [4.78, 5) is 14.1. The lowest BCUT2D eigenvalue weighted by molar-refractivity contribution is -0.143. The molecule has 5 nitrogen and oxygen atoms in total. The maximum Gasteiger partial charge on any atom is 0.228 e. The first-order valence-corrected chi connectivity index (χ1v) is 6.42. The number of aromatic nitrogens is 2. The monoisotopic (exact) mass is 251 g/mol. The average Bonchev–Trinajstić information content (AvgIpc) is 2.74. The molecule has 0 spiro atoms. The van der Waals surface area contributed by atoms with Gasteiger partial charge in [0.05, 0.1) is 18.2 Å². The molecular weight excluding hydrogens is 230 g/mol. The highest BCUT2D eigenvalue weighted by atomic mass is 16.5. The van der Waals surface area contributed by atoms with Crippen molar-refractivity contribution in [2.75, 3.05) is 13.7 Å². The summed E-state index contributed by atoms with van der Waals surface area (Å²) in [6.45, 7) is 3.37. The summed E-state index contributed by atoms with van der Waals surface area (Å²) in [5, 5.41) is 4.11. The van der Waals surface area contributed by atoms with Crippen LogP contribution in [0.4, 0.5) is 0 Å². The molecule has 1 aliphatic rings. The third-order valence-electron chi connectivity index (χ3n) is 3.48. The van der Waals surface area contributed by atoms with Crippen molar-refractivity contribution >= 4 is 5.91 Å². The van der Waals surface area contributed by atoms with Crippen molar-refractivity contribution in [1.29, 1.82) is 0 Å². The van der Waals surface area contributed by atoms with Crippen molar-refractivity contribution in [3.05, 3.63) is 18.0 Å². The van der Waals surface area contributed by atoms with Crippen LogP contribution in [0.15, 0.2) is 12.4 Å². The zero-order valence-electron chi connectivity index (χ0n) is 11.3. The zero-order valence-corrected chi connectivity index (χ0v) is 11.3. The molecule has 0 unspecified atom stereocenters. The first kappa shape index (κ1) is 13.1. The zero-order chi connectivity index (χ0) is 13.1. The summed E-state index contributed by atoms with van der Waals surface area (Å²) in [6, 6.07) is 0. The summed E-state index contributed by atoms with van der Waals surface area (Å²) in [5.41, 5.74) is 1.05. The second kappa shape index (κ2) is 5.52. The van der Waals surface area contributed by atoms with Crippen LogP contribution < -0.4 is 0 Å². The molecule has 0 radical (unpaired) electrons. The lowest BCUT2D eigenvalue weighted by Gasteiger charge is -2.31. The smallest absolute Gasteiger partial charge is 0.228 e. The molecule has 1 aliphatic heterocycles. The van der Waals surface area contributed by atoms with Gasteiger partial charge in [-0.15, -0.1) is 0 Å². The number of amides is 1. The largest absolute Gasteiger partial charge is 0.378 e. The molecule has 1 saturated heterocycles. The van der Waals surface area contributed by atoms with Gasteiger partial charge in [-0.05, 0) is 19.8 Å². The summed E-state index contributed by atoms with van der Waals surface area (Å²) in [6.07, 6.45) is 5.66. The second-order valence-electron chi connectivity index (χ2n) is 5.04. The van der Waals surface area contributed by atoms with Crippen molar-refractivity contribution in [3.63, 3.8) is 0 Å². The highest BCUT2D eigenvalue weighted by Crippen LogP contribution is 2.22. The molecule has 0 aliphatic carbocycles. The van der Waals surface area contributed by atoms with Crippen molar-refractivity contribution in [1.82, 2.24) is 14.7 Å². The van der Waals surface area contributed by atoms with Gasteiger partial charge in [-0.3, -0.25) is 9.48 Å². The van der Waals surface area contributed by atoms with Gasteiger partial charge >= 0.3 is 0 Å². The quantitative estimate of drug-likeness (QED) is 0.811. The number of ether oxygens (including phenoxy) is 1. The highest BCUT2D eigenvalue weighted by Gasteiger charge is 2.30. The van der Waals surface area contributed by atoms with Gasteiger partial charge in [0.2, 0.25) is 5.91 Å². The molecule has 2 heterocycles. The van der Waals surface area contributed by atoms with Gasteiger partial charge in [0.15, 0.2) is 0 Å². The number of hydrogen-bond donors (Lipinski definition) is 0. The van der Waals surface area contributed by atoms with E-state index >= 15 is 0 Å². The van der Waals surface area contributed by atoms with Gasteiger partial charge < -0.3 is 9.64 Å². The Bertz CT molecular complexity index is 416. The number of aryl methyl sites for hydroxylation is 1. The molecule has 2 atom stereocenters. The van der Waals surface area contributed by atoms with E-state index in [1.54, 1.807) is 15.8 Å². The number of nitrogens with zero attached hydrogens (tertiary/aromatic N) is 3. The molecule has 18 heavy (non-hydrogen) atoms. The van der Waals surface area contributed by atoms with Gasteiger partial charge in [-0.25, -0.2) is 0 Å². The minimum Gasteiger partial charge on any atom is -0.378 e. The number of hydrogen-bond acceptors (Lipinski definition) is 3. The number of rotatable bonds is 3. The molecule has 1 aromatic heterocycles. The van der Waals surface area contributed by atoms with Crippen LogP contribution in [0.25, 0.3) is 0 Å². The number of carbonyl (C=O) groups excluding carboxylic acids is 1. The van der Waals surface area contributed by atoms with E-state index in [1.165, 1.54) is 0 Å². The first-order chi connectivity index (χ1) is 8.58. The summed E-state index contributed by atoms with van der Waals surface area (Å²) in [5.74, 6) is 0.173. The minimum atomic E-state index is 0.000390. The second-order valence-corrected chi connectivity index (χ2v) is 5.04. The van der Waals surface area contributed by atoms with Gasteiger partial charge in [-0.2, -0.15) is 5.10 Å². The number of carbonyl (C=O) groups is 1. The molecule has 1 aromatic rings. The Morgan fingerprint density at radius 2 is 2.44 bits per heavy atom. The maximum absolute atomic E-state index is 12.3. The Morgan fingerprint density at radius 3 is 3.06 bits per heavy atom. The standard InChI is InChI=1S/C13H21N3O2/c1-10-12(5-4-6-18-10)13(17)15(2)8-11-7-14-16(3)9-11/h7,9-10,12H,4-6,8H2,1-3H3/t10-,12-/m0/s1. The Balaban J connectivity index is 1.95. The SMILES string of the molecule is C[C@@H]1OCCC[C@@H]1C(=O)N(C)Cc1cnn(C)c1. The minimum absolute atomic E-state index is 0.000390. The maximum atomic E-state index is 12.3. The van der Waals surface area contributed by atoms with Crippen LogP contribution in [-0.2, 0) is 23.1 Å². The lowest BCUT2D eigenvalue weighted by Crippen LogP contribution is -2.40. The van der Waals surface area contributed by atoms with E-state index in [0.29, 0.717) is 6.54 Å². The van der Waals surface area contributed by atoms with Crippen LogP contribution in [-0.4, -0.2) is 40.3 Å². The summed E-state index contributed by atoms with van der Waals surface area (Å²) >= 11 is 0. The molecule has 2 rings (SSSR count). The van der Waals surface area contributed by atoms with Gasteiger partial charge in [0, 0.05) is 39.0 Å². The van der Waals surface area contributed by atoms with Crippen LogP contribution >= 0.6 is 0 Å². The fourth-order valence-electron chi connectivity index (χ4n) is 2.44. The van der Waals surface area contributed by atoms with Crippen molar-refractivity contribution < 1.29 is 9.53 Å². The van der Waals surface area contributed by atoms with Crippen LogP contribution in [0.1, 0.15) is 25.3 Å². The van der Waals surface area contributed by atoms with Gasteiger partial charge in [0.1, 0.15) is 0 Å². The molecular formula is C13H21N3O2. The van der Waals surface area contributed by atoms with Crippen molar-refractivity contribution in [3.8, 4) is 0 Å². The highest BCUT2D eigenvalue weighted by molar-refractivity contribution is 5.79. The van der Waals surface area contributed by atoms with Crippen LogP contribution in [0.5, 0.6) is 0 Å². The molecule has 1 fully saturated rings. The van der Waals surface area contributed by atoms with Crippen molar-refractivity contribution in [2.45, 2.75) is 32.4 Å². The van der Waals surface area contributed by atoms with Crippen LogP contribution in [0, 0.1) is 5.92 Å².